The van der Waals surface area contributed by atoms with Gasteiger partial charge in [0.15, 0.2) is 11.4 Å². The van der Waals surface area contributed by atoms with Gasteiger partial charge in [-0.3, -0.25) is 4.79 Å². The van der Waals surface area contributed by atoms with Crippen molar-refractivity contribution in [2.45, 2.75) is 53.0 Å². The minimum absolute atomic E-state index is 0.168. The molecule has 1 saturated heterocycles. The SMILES string of the molecule is Cc1nc(Cl)c(CC(=O)O)c(N2CCC(C)(C)CC2)c1-c1ccc2c(c1)CCN(c1ncnc3c1oc1ncccc13)C2. The third kappa shape index (κ3) is 4.95. The number of aliphatic carboxylic acids is 1. The second-order valence-electron chi connectivity index (χ2n) is 12.4. The van der Waals surface area contributed by atoms with Crippen LogP contribution in [0.3, 0.4) is 0 Å². The Morgan fingerprint density at radius 3 is 2.67 bits per heavy atom. The average Bonchev–Trinajstić information content (AvgIpc) is 3.37. The highest BCUT2D eigenvalue weighted by atomic mass is 35.5. The highest BCUT2D eigenvalue weighted by molar-refractivity contribution is 6.31. The van der Waals surface area contributed by atoms with E-state index in [4.69, 9.17) is 16.0 Å². The van der Waals surface area contributed by atoms with Gasteiger partial charge in [0.1, 0.15) is 17.0 Å². The Hall–Kier alpha value is -4.24. The molecule has 0 radical (unpaired) electrons. The van der Waals surface area contributed by atoms with E-state index < -0.39 is 5.97 Å². The van der Waals surface area contributed by atoms with Crippen molar-refractivity contribution in [3.05, 3.63) is 70.4 Å². The summed E-state index contributed by atoms with van der Waals surface area (Å²) in [6, 6.07) is 10.4. The molecule has 0 spiro atoms. The first-order valence-electron chi connectivity index (χ1n) is 14.7. The van der Waals surface area contributed by atoms with Crippen LogP contribution >= 0.6 is 11.6 Å². The van der Waals surface area contributed by atoms with Crippen molar-refractivity contribution in [3.63, 3.8) is 0 Å². The number of hydrogen-bond donors (Lipinski definition) is 1. The summed E-state index contributed by atoms with van der Waals surface area (Å²) in [7, 11) is 0. The Kier molecular flexibility index (Phi) is 6.73. The molecule has 0 amide bonds. The van der Waals surface area contributed by atoms with E-state index in [2.05, 4.69) is 61.8 Å². The van der Waals surface area contributed by atoms with Crippen molar-refractivity contribution < 1.29 is 14.3 Å². The standard InChI is InChI=1S/C33H33ClN6O3/c1-19-26(28(24(16-25(41)42)30(34)38-19)39-13-9-33(2,3)10-14-39)21-6-7-22-17-40(12-8-20(22)15-21)31-29-27(36-18-37-31)23-5-4-11-35-32(23)43-29/h4-7,11,15,18H,8-10,12-14,16-17H2,1-3H3,(H,41,42). The lowest BCUT2D eigenvalue weighted by molar-refractivity contribution is -0.136. The number of fused-ring (bicyclic) bond motifs is 4. The zero-order chi connectivity index (χ0) is 29.9. The Morgan fingerprint density at radius 1 is 1.07 bits per heavy atom. The lowest BCUT2D eigenvalue weighted by atomic mass is 9.82. The minimum atomic E-state index is -0.915. The summed E-state index contributed by atoms with van der Waals surface area (Å²) in [5, 5.41) is 10.9. The van der Waals surface area contributed by atoms with Crippen molar-refractivity contribution in [1.82, 2.24) is 19.9 Å². The Labute approximate surface area is 254 Å². The fraction of sp³-hybridized carbons (Fsp3) is 0.364. The number of carbonyl (C=O) groups is 1. The van der Waals surface area contributed by atoms with E-state index in [-0.39, 0.29) is 17.0 Å². The van der Waals surface area contributed by atoms with Crippen molar-refractivity contribution >= 4 is 51.3 Å². The number of carboxylic acid groups (broad SMARTS) is 1. The second-order valence-corrected chi connectivity index (χ2v) is 12.8. The third-order valence-electron chi connectivity index (χ3n) is 8.98. The molecule has 4 aromatic heterocycles. The van der Waals surface area contributed by atoms with E-state index in [9.17, 15) is 9.90 Å². The maximum absolute atomic E-state index is 11.9. The fourth-order valence-corrected chi connectivity index (χ4v) is 6.83. The van der Waals surface area contributed by atoms with E-state index >= 15 is 0 Å². The second kappa shape index (κ2) is 10.5. The first-order chi connectivity index (χ1) is 20.7. The number of piperidine rings is 1. The average molecular weight is 597 g/mol. The molecule has 6 heterocycles. The maximum atomic E-state index is 11.9. The minimum Gasteiger partial charge on any atom is -0.481 e. The van der Waals surface area contributed by atoms with Gasteiger partial charge >= 0.3 is 5.97 Å². The number of benzene rings is 1. The van der Waals surface area contributed by atoms with E-state index in [1.165, 1.54) is 11.1 Å². The molecule has 2 aliphatic rings. The number of pyridine rings is 2. The normalized spacial score (nSPS) is 16.6. The summed E-state index contributed by atoms with van der Waals surface area (Å²) in [6.07, 6.45) is 6.01. The highest BCUT2D eigenvalue weighted by Crippen LogP contribution is 2.43. The quantitative estimate of drug-likeness (QED) is 0.224. The Bertz CT molecular complexity index is 1890. The van der Waals surface area contributed by atoms with E-state index in [1.807, 2.05) is 19.1 Å². The molecule has 0 aliphatic carbocycles. The molecule has 0 atom stereocenters. The van der Waals surface area contributed by atoms with Crippen molar-refractivity contribution in [1.29, 1.82) is 0 Å². The van der Waals surface area contributed by atoms with Gasteiger partial charge in [0, 0.05) is 49.2 Å². The summed E-state index contributed by atoms with van der Waals surface area (Å²) in [4.78, 5) is 34.6. The number of carboxylic acids is 1. The van der Waals surface area contributed by atoms with Crippen LogP contribution in [-0.2, 0) is 24.2 Å². The van der Waals surface area contributed by atoms with E-state index in [1.54, 1.807) is 12.5 Å². The number of rotatable bonds is 5. The molecule has 9 nitrogen and oxygen atoms in total. The molecule has 1 aromatic carbocycles. The van der Waals surface area contributed by atoms with Gasteiger partial charge < -0.3 is 19.3 Å². The number of furan rings is 1. The van der Waals surface area contributed by atoms with Crippen LogP contribution in [0.1, 0.15) is 49.1 Å². The van der Waals surface area contributed by atoms with Gasteiger partial charge in [-0.15, -0.1) is 0 Å². The van der Waals surface area contributed by atoms with Gasteiger partial charge in [-0.05, 0) is 60.4 Å². The van der Waals surface area contributed by atoms with Crippen LogP contribution in [0, 0.1) is 12.3 Å². The molecule has 0 unspecified atom stereocenters. The van der Waals surface area contributed by atoms with E-state index in [0.29, 0.717) is 23.4 Å². The molecule has 10 heteroatoms. The lowest BCUT2D eigenvalue weighted by Gasteiger charge is -2.40. The Balaban J connectivity index is 1.26. The van der Waals surface area contributed by atoms with Crippen LogP contribution < -0.4 is 9.80 Å². The molecular formula is C33H33ClN6O3. The summed E-state index contributed by atoms with van der Waals surface area (Å²) in [5.74, 6) is -0.147. The number of anilines is 2. The van der Waals surface area contributed by atoms with Gasteiger partial charge in [0.2, 0.25) is 5.71 Å². The molecule has 43 heavy (non-hydrogen) atoms. The molecule has 2 aliphatic heterocycles. The number of aromatic nitrogens is 4. The van der Waals surface area contributed by atoms with Gasteiger partial charge in [0.05, 0.1) is 17.5 Å². The van der Waals surface area contributed by atoms with Crippen LogP contribution in [0.15, 0.2) is 47.3 Å². The van der Waals surface area contributed by atoms with Crippen LogP contribution in [0.25, 0.3) is 33.3 Å². The number of halogens is 1. The first-order valence-corrected chi connectivity index (χ1v) is 15.1. The summed E-state index contributed by atoms with van der Waals surface area (Å²) >= 11 is 6.64. The molecular weight excluding hydrogens is 564 g/mol. The summed E-state index contributed by atoms with van der Waals surface area (Å²) in [6.45, 7) is 9.68. The zero-order valence-electron chi connectivity index (χ0n) is 24.5. The van der Waals surface area contributed by atoms with Gasteiger partial charge in [-0.2, -0.15) is 0 Å². The van der Waals surface area contributed by atoms with Gasteiger partial charge in [-0.1, -0.05) is 43.6 Å². The van der Waals surface area contributed by atoms with Crippen molar-refractivity contribution in [2.75, 3.05) is 29.4 Å². The largest absolute Gasteiger partial charge is 0.481 e. The maximum Gasteiger partial charge on any atom is 0.308 e. The van der Waals surface area contributed by atoms with Crippen molar-refractivity contribution in [3.8, 4) is 11.1 Å². The first kappa shape index (κ1) is 27.6. The van der Waals surface area contributed by atoms with Crippen LogP contribution in [0.2, 0.25) is 5.15 Å². The zero-order valence-corrected chi connectivity index (χ0v) is 25.3. The Morgan fingerprint density at radius 2 is 1.88 bits per heavy atom. The van der Waals surface area contributed by atoms with Gasteiger partial charge in [0.25, 0.3) is 0 Å². The number of hydrogen-bond acceptors (Lipinski definition) is 8. The summed E-state index contributed by atoms with van der Waals surface area (Å²) < 4.78 is 6.10. The predicted octanol–water partition coefficient (Wildman–Crippen LogP) is 6.61. The molecule has 1 fully saturated rings. The number of aryl methyl sites for hydroxylation is 1. The molecule has 0 saturated carbocycles. The van der Waals surface area contributed by atoms with Crippen LogP contribution in [-0.4, -0.2) is 50.6 Å². The summed E-state index contributed by atoms with van der Waals surface area (Å²) in [5.41, 5.74) is 9.01. The molecule has 7 rings (SSSR count). The predicted molar refractivity (Wildman–Crippen MR) is 168 cm³/mol. The smallest absolute Gasteiger partial charge is 0.308 e. The number of nitrogens with zero attached hydrogens (tertiary/aromatic N) is 6. The van der Waals surface area contributed by atoms with Crippen LogP contribution in [0.5, 0.6) is 0 Å². The lowest BCUT2D eigenvalue weighted by Crippen LogP contribution is -2.38. The van der Waals surface area contributed by atoms with E-state index in [0.717, 1.165) is 78.1 Å². The fourth-order valence-electron chi connectivity index (χ4n) is 6.54. The van der Waals surface area contributed by atoms with Crippen molar-refractivity contribution in [2.24, 2.45) is 5.41 Å². The highest BCUT2D eigenvalue weighted by Gasteiger charge is 2.31. The monoisotopic (exact) mass is 596 g/mol. The van der Waals surface area contributed by atoms with Gasteiger partial charge in [-0.25, -0.2) is 19.9 Å². The molecule has 0 bridgehead atoms. The van der Waals surface area contributed by atoms with Crippen LogP contribution in [0.4, 0.5) is 11.5 Å². The molecule has 220 valence electrons. The molecule has 5 aromatic rings. The third-order valence-corrected chi connectivity index (χ3v) is 9.29. The molecule has 1 N–H and O–H groups in total. The topological polar surface area (TPSA) is 108 Å².